The van der Waals surface area contributed by atoms with E-state index in [1.807, 2.05) is 34.6 Å². The van der Waals surface area contributed by atoms with Crippen molar-refractivity contribution in [3.8, 4) is 0 Å². The van der Waals surface area contributed by atoms with Crippen LogP contribution in [-0.2, 0) is 14.4 Å². The Hall–Kier alpha value is -1.89. The van der Waals surface area contributed by atoms with Gasteiger partial charge in [0.25, 0.3) is 0 Å². The summed E-state index contributed by atoms with van der Waals surface area (Å²) in [4.78, 5) is 41.9. The maximum atomic E-state index is 13.5. The normalized spacial score (nSPS) is 20.3. The second-order valence-corrected chi connectivity index (χ2v) is 10.2. The van der Waals surface area contributed by atoms with Gasteiger partial charge in [-0.05, 0) is 50.6 Å². The van der Waals surface area contributed by atoms with E-state index in [1.54, 1.807) is 18.0 Å². The highest BCUT2D eigenvalue weighted by Gasteiger charge is 2.39. The Bertz CT molecular complexity index is 664. The number of nitrogens with one attached hydrogen (secondary N) is 1. The van der Waals surface area contributed by atoms with E-state index in [-0.39, 0.29) is 35.4 Å². The largest absolute Gasteiger partial charge is 0.478 e. The number of hydrogen-bond acceptors (Lipinski definition) is 4. The summed E-state index contributed by atoms with van der Waals surface area (Å²) in [6.07, 6.45) is 5.53. The third-order valence-electron chi connectivity index (χ3n) is 6.06. The summed E-state index contributed by atoms with van der Waals surface area (Å²) in [5, 5.41) is 12.3. The summed E-state index contributed by atoms with van der Waals surface area (Å²) in [5.74, 6) is -1.27. The van der Waals surface area contributed by atoms with Crippen LogP contribution in [0.5, 0.6) is 0 Å². The maximum absolute atomic E-state index is 13.5. The van der Waals surface area contributed by atoms with Crippen LogP contribution < -0.4 is 5.32 Å². The van der Waals surface area contributed by atoms with E-state index in [0.29, 0.717) is 0 Å². The molecule has 2 amide bonds. The molecule has 0 radical (unpaired) electrons. The summed E-state index contributed by atoms with van der Waals surface area (Å²) in [6.45, 7) is 15.2. The number of likely N-dealkylation sites (tertiary alicyclic amines) is 1. The molecule has 1 fully saturated rings. The standard InChI is InChI=1S/C24H43N3O4/c1-9-13-27-14-11-10-12-18(27)21(28)25-20(24(5,6)7)22(29)26(8)19(16(2)3)15-17(4)23(30)31/h15-16,18-20H,9-14H2,1-8H3,(H,25,28)(H,30,31)/b17-15+. The summed E-state index contributed by atoms with van der Waals surface area (Å²) in [6, 6.07) is -1.28. The van der Waals surface area contributed by atoms with E-state index in [9.17, 15) is 19.5 Å². The molecule has 2 N–H and O–H groups in total. The van der Waals surface area contributed by atoms with Crippen LogP contribution in [0.2, 0.25) is 0 Å². The van der Waals surface area contributed by atoms with Gasteiger partial charge in [0.1, 0.15) is 6.04 Å². The monoisotopic (exact) mass is 437 g/mol. The van der Waals surface area contributed by atoms with Crippen LogP contribution in [0.4, 0.5) is 0 Å². The third kappa shape index (κ3) is 7.63. The molecule has 1 saturated heterocycles. The quantitative estimate of drug-likeness (QED) is 0.540. The van der Waals surface area contributed by atoms with Gasteiger partial charge in [-0.2, -0.15) is 0 Å². The number of carbonyl (C=O) groups is 3. The third-order valence-corrected chi connectivity index (χ3v) is 6.06. The molecule has 7 heteroatoms. The number of nitrogens with zero attached hydrogens (tertiary/aromatic N) is 2. The van der Waals surface area contributed by atoms with Crippen LogP contribution in [0.1, 0.15) is 74.1 Å². The molecule has 0 aromatic rings. The van der Waals surface area contributed by atoms with Crippen molar-refractivity contribution in [2.75, 3.05) is 20.1 Å². The van der Waals surface area contributed by atoms with Gasteiger partial charge in [-0.3, -0.25) is 14.5 Å². The topological polar surface area (TPSA) is 90.0 Å². The molecule has 1 aliphatic heterocycles. The lowest BCUT2D eigenvalue weighted by atomic mass is 9.84. The number of hydrogen-bond donors (Lipinski definition) is 2. The van der Waals surface area contributed by atoms with Gasteiger partial charge in [-0.1, -0.05) is 54.0 Å². The lowest BCUT2D eigenvalue weighted by Crippen LogP contribution is -2.60. The molecule has 0 bridgehead atoms. The summed E-state index contributed by atoms with van der Waals surface area (Å²) in [5.41, 5.74) is -0.287. The zero-order valence-corrected chi connectivity index (χ0v) is 20.7. The van der Waals surface area contributed by atoms with E-state index in [2.05, 4.69) is 17.1 Å². The molecule has 1 aliphatic rings. The van der Waals surface area contributed by atoms with Crippen molar-refractivity contribution in [1.29, 1.82) is 0 Å². The molecule has 1 rings (SSSR count). The first-order valence-electron chi connectivity index (χ1n) is 11.5. The van der Waals surface area contributed by atoms with Crippen LogP contribution >= 0.6 is 0 Å². The molecule has 0 aliphatic carbocycles. The van der Waals surface area contributed by atoms with Gasteiger partial charge >= 0.3 is 5.97 Å². The zero-order chi connectivity index (χ0) is 23.9. The molecule has 31 heavy (non-hydrogen) atoms. The number of carboxylic acid groups (broad SMARTS) is 1. The second kappa shape index (κ2) is 11.7. The fraction of sp³-hybridized carbons (Fsp3) is 0.792. The number of aliphatic carboxylic acids is 1. The highest BCUT2D eigenvalue weighted by Crippen LogP contribution is 2.25. The van der Waals surface area contributed by atoms with E-state index in [0.717, 1.165) is 38.8 Å². The SMILES string of the molecule is CCCN1CCCCC1C(=O)NC(C(=O)N(C)C(/C=C(\C)C(=O)O)C(C)C)C(C)(C)C. The fourth-order valence-corrected chi connectivity index (χ4v) is 4.16. The van der Waals surface area contributed by atoms with Gasteiger partial charge in [0.15, 0.2) is 0 Å². The van der Waals surface area contributed by atoms with Gasteiger partial charge in [-0.15, -0.1) is 0 Å². The number of carboxylic acids is 1. The minimum atomic E-state index is -1.000. The molecule has 7 nitrogen and oxygen atoms in total. The lowest BCUT2D eigenvalue weighted by Gasteiger charge is -2.40. The number of carbonyl (C=O) groups excluding carboxylic acids is 2. The van der Waals surface area contributed by atoms with E-state index in [4.69, 9.17) is 0 Å². The molecule has 0 saturated carbocycles. The molecule has 178 valence electrons. The van der Waals surface area contributed by atoms with Crippen molar-refractivity contribution in [3.63, 3.8) is 0 Å². The van der Waals surface area contributed by atoms with Crippen molar-refractivity contribution in [1.82, 2.24) is 15.1 Å². The van der Waals surface area contributed by atoms with Crippen LogP contribution in [0, 0.1) is 11.3 Å². The molecule has 3 unspecified atom stereocenters. The van der Waals surface area contributed by atoms with Crippen LogP contribution in [0.25, 0.3) is 0 Å². The minimum absolute atomic E-state index is 0.0259. The highest BCUT2D eigenvalue weighted by molar-refractivity contribution is 5.91. The first-order valence-corrected chi connectivity index (χ1v) is 11.5. The molecule has 1 heterocycles. The van der Waals surface area contributed by atoms with E-state index < -0.39 is 17.4 Å². The fourth-order valence-electron chi connectivity index (χ4n) is 4.16. The molecule has 3 atom stereocenters. The van der Waals surface area contributed by atoms with Crippen molar-refractivity contribution >= 4 is 17.8 Å². The zero-order valence-electron chi connectivity index (χ0n) is 20.7. The van der Waals surface area contributed by atoms with Gasteiger partial charge in [0.05, 0.1) is 12.1 Å². The van der Waals surface area contributed by atoms with Crippen molar-refractivity contribution < 1.29 is 19.5 Å². The molecule has 0 spiro atoms. The Balaban J connectivity index is 3.12. The Morgan fingerprint density at radius 2 is 1.84 bits per heavy atom. The molecule has 0 aromatic heterocycles. The summed E-state index contributed by atoms with van der Waals surface area (Å²) >= 11 is 0. The molecular weight excluding hydrogens is 394 g/mol. The molecule has 0 aromatic carbocycles. The average Bonchev–Trinajstić information content (AvgIpc) is 2.68. The lowest BCUT2D eigenvalue weighted by molar-refractivity contribution is -0.141. The Kier molecular flexibility index (Phi) is 10.2. The van der Waals surface area contributed by atoms with Gasteiger partial charge < -0.3 is 15.3 Å². The van der Waals surface area contributed by atoms with Crippen molar-refractivity contribution in [2.45, 2.75) is 92.3 Å². The van der Waals surface area contributed by atoms with Crippen molar-refractivity contribution in [2.24, 2.45) is 11.3 Å². The number of piperidine rings is 1. The first-order chi connectivity index (χ1) is 14.3. The number of likely N-dealkylation sites (N-methyl/N-ethyl adjacent to an activating group) is 1. The first kappa shape index (κ1) is 27.1. The van der Waals surface area contributed by atoms with Crippen molar-refractivity contribution in [3.05, 3.63) is 11.6 Å². The maximum Gasteiger partial charge on any atom is 0.331 e. The predicted octanol–water partition coefficient (Wildman–Crippen LogP) is 3.30. The average molecular weight is 438 g/mol. The smallest absolute Gasteiger partial charge is 0.331 e. The van der Waals surface area contributed by atoms with E-state index in [1.165, 1.54) is 6.92 Å². The second-order valence-electron chi connectivity index (χ2n) is 10.2. The Labute approximate surface area is 188 Å². The highest BCUT2D eigenvalue weighted by atomic mass is 16.4. The van der Waals surface area contributed by atoms with Crippen LogP contribution in [0.3, 0.4) is 0 Å². The Morgan fingerprint density at radius 3 is 2.32 bits per heavy atom. The Morgan fingerprint density at radius 1 is 1.23 bits per heavy atom. The van der Waals surface area contributed by atoms with E-state index >= 15 is 0 Å². The molecular formula is C24H43N3O4. The van der Waals surface area contributed by atoms with Gasteiger partial charge in [-0.25, -0.2) is 4.79 Å². The predicted molar refractivity (Wildman–Crippen MR) is 124 cm³/mol. The van der Waals surface area contributed by atoms with Crippen LogP contribution in [-0.4, -0.2) is 71.0 Å². The minimum Gasteiger partial charge on any atom is -0.478 e. The number of amides is 2. The summed E-state index contributed by atoms with van der Waals surface area (Å²) < 4.78 is 0. The summed E-state index contributed by atoms with van der Waals surface area (Å²) in [7, 11) is 1.69. The number of rotatable bonds is 9. The van der Waals surface area contributed by atoms with Gasteiger partial charge in [0, 0.05) is 12.6 Å². The van der Waals surface area contributed by atoms with Gasteiger partial charge in [0.2, 0.25) is 11.8 Å². The van der Waals surface area contributed by atoms with Crippen LogP contribution in [0.15, 0.2) is 11.6 Å².